The van der Waals surface area contributed by atoms with Gasteiger partial charge >= 0.3 is 6.09 Å². The van der Waals surface area contributed by atoms with Crippen LogP contribution in [0.25, 0.3) is 10.9 Å². The lowest BCUT2D eigenvalue weighted by Crippen LogP contribution is -2.46. The van der Waals surface area contributed by atoms with Crippen molar-refractivity contribution in [2.24, 2.45) is 0 Å². The first-order valence-corrected chi connectivity index (χ1v) is 16.0. The molecule has 2 N–H and O–H groups in total. The van der Waals surface area contributed by atoms with E-state index in [2.05, 4.69) is 5.32 Å². The highest BCUT2D eigenvalue weighted by atomic mass is 35.5. The molecular formula is C36H44ClN5O5. The molecule has 0 aliphatic heterocycles. The van der Waals surface area contributed by atoms with Gasteiger partial charge in [-0.15, -0.1) is 0 Å². The molecule has 4 aromatic rings. The number of nitrogens with one attached hydrogen (secondary N) is 1. The Bertz CT molecular complexity index is 1780. The molecule has 0 saturated heterocycles. The number of aryl methyl sites for hydroxylation is 2. The number of hydrogen-bond acceptors (Lipinski definition) is 7. The summed E-state index contributed by atoms with van der Waals surface area (Å²) in [4.78, 5) is 48.8. The van der Waals surface area contributed by atoms with Crippen LogP contribution < -0.4 is 10.9 Å². The molecule has 0 fully saturated rings. The third kappa shape index (κ3) is 9.18. The molecule has 3 aromatic carbocycles. The normalized spacial score (nSPS) is 13.0. The van der Waals surface area contributed by atoms with E-state index < -0.39 is 24.0 Å². The van der Waals surface area contributed by atoms with E-state index >= 15 is 0 Å². The second kappa shape index (κ2) is 15.1. The number of aromatic nitrogens is 2. The van der Waals surface area contributed by atoms with Crippen molar-refractivity contribution in [1.29, 1.82) is 0 Å². The van der Waals surface area contributed by atoms with E-state index in [0.717, 1.165) is 16.7 Å². The van der Waals surface area contributed by atoms with Gasteiger partial charge in [0, 0.05) is 32.2 Å². The van der Waals surface area contributed by atoms with Gasteiger partial charge in [0.05, 0.1) is 17.4 Å². The molecule has 10 nitrogen and oxygen atoms in total. The van der Waals surface area contributed by atoms with Crippen LogP contribution >= 0.6 is 11.6 Å². The fraction of sp³-hybridized carbons (Fsp3) is 0.389. The number of benzene rings is 3. The van der Waals surface area contributed by atoms with Crippen LogP contribution in [0.1, 0.15) is 67.5 Å². The van der Waals surface area contributed by atoms with Crippen LogP contribution in [0, 0.1) is 13.8 Å². The standard InChI is InChI=1S/C36H44ClN5O5/c1-23-12-14-26(15-13-23)32(43)41(19-9-18-38-35(46)47-36(3,4)5)30(34(45)40(6)7)31-39-29-21-27(37)16-17-28(29)33(44)42(31)22-25-11-8-10-24(2)20-25/h8,10-17,20-21,30,32,43H,9,18-19,22H2,1-7H3,(H,38,46). The number of halogens is 1. The van der Waals surface area contributed by atoms with Crippen LogP contribution in [-0.2, 0) is 16.1 Å². The Morgan fingerprint density at radius 2 is 1.72 bits per heavy atom. The summed E-state index contributed by atoms with van der Waals surface area (Å²) in [7, 11) is 3.24. The largest absolute Gasteiger partial charge is 0.444 e. The number of aliphatic hydroxyl groups excluding tert-OH is 1. The second-order valence-corrected chi connectivity index (χ2v) is 13.4. The Kier molecular flexibility index (Phi) is 11.4. The molecule has 11 heteroatoms. The highest BCUT2D eigenvalue weighted by molar-refractivity contribution is 6.31. The summed E-state index contributed by atoms with van der Waals surface area (Å²) in [6.45, 7) is 9.78. The minimum absolute atomic E-state index is 0.146. The summed E-state index contributed by atoms with van der Waals surface area (Å²) in [5.41, 5.74) is 2.78. The van der Waals surface area contributed by atoms with Crippen LogP contribution in [-0.4, -0.2) is 69.2 Å². The molecule has 1 aromatic heterocycles. The maximum Gasteiger partial charge on any atom is 0.407 e. The van der Waals surface area contributed by atoms with Crippen LogP contribution in [0.2, 0.25) is 5.02 Å². The van der Waals surface area contributed by atoms with Gasteiger partial charge in [0.2, 0.25) is 5.91 Å². The van der Waals surface area contributed by atoms with E-state index in [0.29, 0.717) is 27.9 Å². The van der Waals surface area contributed by atoms with Crippen molar-refractivity contribution in [2.45, 2.75) is 65.5 Å². The summed E-state index contributed by atoms with van der Waals surface area (Å²) in [6.07, 6.45) is -1.48. The number of carbonyl (C=O) groups is 2. The van der Waals surface area contributed by atoms with Gasteiger partial charge in [-0.05, 0) is 70.4 Å². The first-order chi connectivity index (χ1) is 22.1. The Morgan fingerprint density at radius 3 is 2.36 bits per heavy atom. The number of fused-ring (bicyclic) bond motifs is 1. The average molecular weight is 662 g/mol. The van der Waals surface area contributed by atoms with Crippen LogP contribution in [0.15, 0.2) is 71.5 Å². The molecule has 0 radical (unpaired) electrons. The molecule has 0 aliphatic rings. The minimum Gasteiger partial charge on any atom is -0.444 e. The molecule has 4 rings (SSSR count). The number of rotatable bonds is 11. The first kappa shape index (κ1) is 35.6. The zero-order valence-corrected chi connectivity index (χ0v) is 28.8. The van der Waals surface area contributed by atoms with Crippen molar-refractivity contribution in [3.63, 3.8) is 0 Å². The van der Waals surface area contributed by atoms with E-state index in [9.17, 15) is 19.5 Å². The van der Waals surface area contributed by atoms with E-state index in [1.807, 2.05) is 50.2 Å². The van der Waals surface area contributed by atoms with Crippen LogP contribution in [0.3, 0.4) is 0 Å². The van der Waals surface area contributed by atoms with Gasteiger partial charge in [-0.3, -0.25) is 19.1 Å². The van der Waals surface area contributed by atoms with Gasteiger partial charge < -0.3 is 20.1 Å². The topological polar surface area (TPSA) is 117 Å². The molecule has 2 atom stereocenters. The Morgan fingerprint density at radius 1 is 1.02 bits per heavy atom. The van der Waals surface area contributed by atoms with Gasteiger partial charge in [-0.1, -0.05) is 71.3 Å². The van der Waals surface area contributed by atoms with Gasteiger partial charge in [0.1, 0.15) is 17.7 Å². The average Bonchev–Trinajstić information content (AvgIpc) is 2.99. The monoisotopic (exact) mass is 661 g/mol. The quantitative estimate of drug-likeness (QED) is 0.155. The van der Waals surface area contributed by atoms with Crippen LogP contribution in [0.5, 0.6) is 0 Å². The first-order valence-electron chi connectivity index (χ1n) is 15.6. The van der Waals surface area contributed by atoms with E-state index in [4.69, 9.17) is 21.3 Å². The second-order valence-electron chi connectivity index (χ2n) is 13.0. The number of ether oxygens (including phenoxy) is 1. The number of amides is 2. The zero-order valence-electron chi connectivity index (χ0n) is 28.1. The Labute approximate surface area is 280 Å². The highest BCUT2D eigenvalue weighted by Gasteiger charge is 2.37. The van der Waals surface area contributed by atoms with Crippen molar-refractivity contribution in [3.05, 3.63) is 110 Å². The third-order valence-corrected chi connectivity index (χ3v) is 7.81. The smallest absolute Gasteiger partial charge is 0.407 e. The predicted octanol–water partition coefficient (Wildman–Crippen LogP) is 5.75. The van der Waals surface area contributed by atoms with Crippen molar-refractivity contribution in [1.82, 2.24) is 24.7 Å². The summed E-state index contributed by atoms with van der Waals surface area (Å²) in [5, 5.41) is 15.4. The van der Waals surface area contributed by atoms with E-state index in [1.165, 1.54) is 9.47 Å². The molecule has 0 spiro atoms. The molecule has 0 saturated carbocycles. The maximum absolute atomic E-state index is 14.2. The lowest BCUT2D eigenvalue weighted by molar-refractivity contribution is -0.141. The maximum atomic E-state index is 14.2. The lowest BCUT2D eigenvalue weighted by atomic mass is 10.1. The summed E-state index contributed by atoms with van der Waals surface area (Å²) in [6, 6.07) is 18.8. The van der Waals surface area contributed by atoms with Crippen molar-refractivity contribution >= 4 is 34.5 Å². The molecule has 47 heavy (non-hydrogen) atoms. The molecule has 2 unspecified atom stereocenters. The zero-order chi connectivity index (χ0) is 34.5. The SMILES string of the molecule is Cc1ccc(C(O)N(CCCNC(=O)OC(C)(C)C)C(C(=O)N(C)C)c2nc3cc(Cl)ccc3c(=O)n2Cc2cccc(C)c2)cc1. The lowest BCUT2D eigenvalue weighted by Gasteiger charge is -2.36. The minimum atomic E-state index is -1.26. The number of aliphatic hydroxyl groups is 1. The van der Waals surface area contributed by atoms with E-state index in [1.54, 1.807) is 70.1 Å². The number of likely N-dealkylation sites (N-methyl/N-ethyl adjacent to an activating group) is 1. The number of hydrogen-bond donors (Lipinski definition) is 2. The summed E-state index contributed by atoms with van der Waals surface area (Å²) in [5.74, 6) is -0.223. The van der Waals surface area contributed by atoms with Gasteiger partial charge in [-0.25, -0.2) is 9.78 Å². The number of carbonyl (C=O) groups excluding carboxylic acids is 2. The summed E-state index contributed by atoms with van der Waals surface area (Å²) < 4.78 is 6.88. The third-order valence-electron chi connectivity index (χ3n) is 7.57. The van der Waals surface area contributed by atoms with Crippen LogP contribution in [0.4, 0.5) is 4.79 Å². The number of nitrogens with zero attached hydrogens (tertiary/aromatic N) is 4. The van der Waals surface area contributed by atoms with Crippen molar-refractivity contribution < 1.29 is 19.4 Å². The predicted molar refractivity (Wildman–Crippen MR) is 184 cm³/mol. The molecule has 1 heterocycles. The van der Waals surface area contributed by atoms with Crippen molar-refractivity contribution in [2.75, 3.05) is 27.2 Å². The van der Waals surface area contributed by atoms with Gasteiger partial charge in [-0.2, -0.15) is 0 Å². The van der Waals surface area contributed by atoms with Gasteiger partial charge in [0.25, 0.3) is 5.56 Å². The van der Waals surface area contributed by atoms with E-state index in [-0.39, 0.29) is 36.9 Å². The molecular weight excluding hydrogens is 618 g/mol. The van der Waals surface area contributed by atoms with Gasteiger partial charge in [0.15, 0.2) is 6.04 Å². The van der Waals surface area contributed by atoms with Crippen molar-refractivity contribution in [3.8, 4) is 0 Å². The molecule has 250 valence electrons. The highest BCUT2D eigenvalue weighted by Crippen LogP contribution is 2.31. The fourth-order valence-electron chi connectivity index (χ4n) is 5.30. The molecule has 2 amide bonds. The molecule has 0 aliphatic carbocycles. The Balaban J connectivity index is 1.87. The Hall–Kier alpha value is -4.25. The molecule has 0 bridgehead atoms. The summed E-state index contributed by atoms with van der Waals surface area (Å²) >= 11 is 6.34. The fourth-order valence-corrected chi connectivity index (χ4v) is 5.47. The number of alkyl carbamates (subject to hydrolysis) is 1.